The Kier molecular flexibility index (Phi) is 5.86. The van der Waals surface area contributed by atoms with Crippen molar-refractivity contribution in [3.8, 4) is 0 Å². The third-order valence-corrected chi connectivity index (χ3v) is 4.40. The van der Waals surface area contributed by atoms with E-state index in [9.17, 15) is 27.6 Å². The van der Waals surface area contributed by atoms with Crippen molar-refractivity contribution >= 4 is 29.1 Å². The molecule has 0 radical (unpaired) electrons. The molecule has 1 fully saturated rings. The molecule has 3 rings (SSSR count). The molecule has 1 heterocycles. The van der Waals surface area contributed by atoms with Crippen molar-refractivity contribution in [2.24, 2.45) is 0 Å². The van der Waals surface area contributed by atoms with E-state index in [0.717, 1.165) is 18.6 Å². The van der Waals surface area contributed by atoms with Gasteiger partial charge in [-0.2, -0.15) is 13.2 Å². The molecule has 2 aromatic rings. The first kappa shape index (κ1) is 20.4. The van der Waals surface area contributed by atoms with Crippen LogP contribution < -0.4 is 15.5 Å². The quantitative estimate of drug-likeness (QED) is 0.802. The maximum Gasteiger partial charge on any atom is 0.416 e. The number of hydrogen-bond acceptors (Lipinski definition) is 3. The summed E-state index contributed by atoms with van der Waals surface area (Å²) in [5.74, 6) is -1.13. The van der Waals surface area contributed by atoms with Crippen molar-refractivity contribution < 1.29 is 27.6 Å². The summed E-state index contributed by atoms with van der Waals surface area (Å²) in [6, 6.07) is 10.6. The molecule has 0 aliphatic carbocycles. The van der Waals surface area contributed by atoms with Gasteiger partial charge in [-0.1, -0.05) is 6.07 Å². The molecule has 1 aliphatic rings. The number of nitrogens with one attached hydrogen (secondary N) is 2. The molecule has 9 heteroatoms. The molecule has 0 unspecified atom stereocenters. The highest BCUT2D eigenvalue weighted by atomic mass is 19.4. The third kappa shape index (κ3) is 5.13. The first-order valence-electron chi connectivity index (χ1n) is 8.90. The minimum absolute atomic E-state index is 0.0151. The van der Waals surface area contributed by atoms with E-state index in [4.69, 9.17) is 0 Å². The van der Waals surface area contributed by atoms with E-state index in [1.54, 1.807) is 29.2 Å². The van der Waals surface area contributed by atoms with Gasteiger partial charge in [-0.3, -0.25) is 14.4 Å². The minimum Gasteiger partial charge on any atom is -0.343 e. The second-order valence-electron chi connectivity index (χ2n) is 6.51. The standard InChI is InChI=1S/C20H18F3N3O3/c21-20(22,23)14-3-1-4-15(11-14)25-17(27)12-24-19(29)13-6-8-16(9-7-13)26-10-2-5-18(26)28/h1,3-4,6-9,11H,2,5,10,12H2,(H,24,29)(H,25,27). The van der Waals surface area contributed by atoms with E-state index in [-0.39, 0.29) is 11.6 Å². The van der Waals surface area contributed by atoms with E-state index < -0.39 is 30.1 Å². The van der Waals surface area contributed by atoms with Crippen LogP contribution >= 0.6 is 0 Å². The normalized spacial score (nSPS) is 14.0. The van der Waals surface area contributed by atoms with Crippen LogP contribution in [0.3, 0.4) is 0 Å². The molecule has 29 heavy (non-hydrogen) atoms. The van der Waals surface area contributed by atoms with Gasteiger partial charge >= 0.3 is 6.18 Å². The average molecular weight is 405 g/mol. The van der Waals surface area contributed by atoms with Crippen molar-refractivity contribution in [3.05, 3.63) is 59.7 Å². The molecule has 0 atom stereocenters. The number of carbonyl (C=O) groups is 3. The molecule has 0 bridgehead atoms. The van der Waals surface area contributed by atoms with Crippen LogP contribution in [0.15, 0.2) is 48.5 Å². The molecule has 0 aromatic heterocycles. The zero-order chi connectivity index (χ0) is 21.0. The van der Waals surface area contributed by atoms with Gasteiger partial charge in [0.15, 0.2) is 0 Å². The second-order valence-corrected chi connectivity index (χ2v) is 6.51. The number of nitrogens with zero attached hydrogens (tertiary/aromatic N) is 1. The van der Waals surface area contributed by atoms with Crippen molar-refractivity contribution in [2.75, 3.05) is 23.3 Å². The summed E-state index contributed by atoms with van der Waals surface area (Å²) in [5.41, 5.74) is 0.105. The first-order chi connectivity index (χ1) is 13.7. The smallest absolute Gasteiger partial charge is 0.343 e. The van der Waals surface area contributed by atoms with Crippen molar-refractivity contribution in [3.63, 3.8) is 0 Å². The molecule has 1 aliphatic heterocycles. The molecular weight excluding hydrogens is 387 g/mol. The van der Waals surface area contributed by atoms with Gasteiger partial charge in [0.25, 0.3) is 5.91 Å². The lowest BCUT2D eigenvalue weighted by Crippen LogP contribution is -2.33. The number of benzene rings is 2. The highest BCUT2D eigenvalue weighted by Crippen LogP contribution is 2.30. The largest absolute Gasteiger partial charge is 0.416 e. The number of carbonyl (C=O) groups excluding carboxylic acids is 3. The first-order valence-corrected chi connectivity index (χ1v) is 8.90. The average Bonchev–Trinajstić information content (AvgIpc) is 3.12. The molecule has 2 aromatic carbocycles. The zero-order valence-electron chi connectivity index (χ0n) is 15.3. The Balaban J connectivity index is 1.54. The van der Waals surface area contributed by atoms with Crippen LogP contribution in [0.4, 0.5) is 24.5 Å². The Morgan fingerprint density at radius 3 is 2.41 bits per heavy atom. The lowest BCUT2D eigenvalue weighted by molar-refractivity contribution is -0.137. The van der Waals surface area contributed by atoms with Gasteiger partial charge in [0.1, 0.15) is 0 Å². The van der Waals surface area contributed by atoms with Crippen molar-refractivity contribution in [1.29, 1.82) is 0 Å². The second kappa shape index (κ2) is 8.34. The van der Waals surface area contributed by atoms with Gasteiger partial charge in [0, 0.05) is 29.9 Å². The molecule has 152 valence electrons. The summed E-state index contributed by atoms with van der Waals surface area (Å²) in [4.78, 5) is 37.5. The predicted octanol–water partition coefficient (Wildman–Crippen LogP) is 3.20. The number of anilines is 2. The van der Waals surface area contributed by atoms with E-state index in [1.165, 1.54) is 12.1 Å². The maximum atomic E-state index is 12.7. The molecule has 0 spiro atoms. The van der Waals surface area contributed by atoms with Crippen LogP contribution in [0, 0.1) is 0 Å². The Morgan fingerprint density at radius 2 is 1.79 bits per heavy atom. The fourth-order valence-corrected chi connectivity index (χ4v) is 2.95. The summed E-state index contributed by atoms with van der Waals surface area (Å²) in [7, 11) is 0. The van der Waals surface area contributed by atoms with E-state index in [2.05, 4.69) is 10.6 Å². The zero-order valence-corrected chi connectivity index (χ0v) is 15.3. The number of hydrogen-bond donors (Lipinski definition) is 2. The highest BCUT2D eigenvalue weighted by Gasteiger charge is 2.30. The molecule has 0 saturated carbocycles. The number of rotatable bonds is 5. The van der Waals surface area contributed by atoms with Crippen LogP contribution in [0.2, 0.25) is 0 Å². The monoisotopic (exact) mass is 405 g/mol. The molecule has 6 nitrogen and oxygen atoms in total. The summed E-state index contributed by atoms with van der Waals surface area (Å²) < 4.78 is 38.1. The van der Waals surface area contributed by atoms with Gasteiger partial charge in [0.05, 0.1) is 12.1 Å². The van der Waals surface area contributed by atoms with Crippen LogP contribution in [0.25, 0.3) is 0 Å². The SMILES string of the molecule is O=C(CNC(=O)c1ccc(N2CCCC2=O)cc1)Nc1cccc(C(F)(F)F)c1. The highest BCUT2D eigenvalue weighted by molar-refractivity contribution is 6.00. The van der Waals surface area contributed by atoms with Gasteiger partial charge < -0.3 is 15.5 Å². The maximum absolute atomic E-state index is 12.7. The Morgan fingerprint density at radius 1 is 1.07 bits per heavy atom. The minimum atomic E-state index is -4.51. The summed E-state index contributed by atoms with van der Waals surface area (Å²) in [5, 5.41) is 4.72. The molecule has 2 N–H and O–H groups in total. The Labute approximate surface area is 164 Å². The lowest BCUT2D eigenvalue weighted by atomic mass is 10.2. The van der Waals surface area contributed by atoms with Crippen LogP contribution in [-0.2, 0) is 15.8 Å². The summed E-state index contributed by atoms with van der Waals surface area (Å²) in [6.07, 6.45) is -3.22. The lowest BCUT2D eigenvalue weighted by Gasteiger charge is -2.15. The van der Waals surface area contributed by atoms with E-state index >= 15 is 0 Å². The number of halogens is 3. The van der Waals surface area contributed by atoms with Gasteiger partial charge in [0.2, 0.25) is 11.8 Å². The molecule has 1 saturated heterocycles. The van der Waals surface area contributed by atoms with Gasteiger partial charge in [-0.15, -0.1) is 0 Å². The Bertz CT molecular complexity index is 927. The number of amides is 3. The third-order valence-electron chi connectivity index (χ3n) is 4.40. The fourth-order valence-electron chi connectivity index (χ4n) is 2.95. The van der Waals surface area contributed by atoms with Crippen LogP contribution in [0.1, 0.15) is 28.8 Å². The summed E-state index contributed by atoms with van der Waals surface area (Å²) >= 11 is 0. The van der Waals surface area contributed by atoms with Crippen LogP contribution in [-0.4, -0.2) is 30.8 Å². The van der Waals surface area contributed by atoms with Gasteiger partial charge in [-0.05, 0) is 48.9 Å². The molecule has 3 amide bonds. The van der Waals surface area contributed by atoms with Crippen molar-refractivity contribution in [2.45, 2.75) is 19.0 Å². The van der Waals surface area contributed by atoms with Gasteiger partial charge in [-0.25, -0.2) is 0 Å². The van der Waals surface area contributed by atoms with E-state index in [1.807, 2.05) is 0 Å². The number of alkyl halides is 3. The topological polar surface area (TPSA) is 78.5 Å². The van der Waals surface area contributed by atoms with Crippen LogP contribution in [0.5, 0.6) is 0 Å². The van der Waals surface area contributed by atoms with E-state index in [0.29, 0.717) is 24.2 Å². The predicted molar refractivity (Wildman–Crippen MR) is 100 cm³/mol. The Hall–Kier alpha value is -3.36. The van der Waals surface area contributed by atoms with Crippen molar-refractivity contribution in [1.82, 2.24) is 5.32 Å². The fraction of sp³-hybridized carbons (Fsp3) is 0.250. The molecular formula is C20H18F3N3O3. The summed E-state index contributed by atoms with van der Waals surface area (Å²) in [6.45, 7) is 0.238.